The Bertz CT molecular complexity index is 266. The van der Waals surface area contributed by atoms with Gasteiger partial charge in [-0.3, -0.25) is 4.79 Å². The van der Waals surface area contributed by atoms with Crippen molar-refractivity contribution in [3.63, 3.8) is 0 Å². The molecule has 6 heteroatoms. The number of aliphatic carboxylic acids is 1. The minimum Gasteiger partial charge on any atom is -0.481 e. The van der Waals surface area contributed by atoms with Gasteiger partial charge in [-0.2, -0.15) is 11.8 Å². The van der Waals surface area contributed by atoms with Gasteiger partial charge in [0.2, 0.25) is 0 Å². The molecule has 0 rings (SSSR count). The van der Waals surface area contributed by atoms with Crippen LogP contribution in [-0.2, 0) is 19.0 Å². The fourth-order valence-corrected chi connectivity index (χ4v) is 2.41. The third-order valence-electron chi connectivity index (χ3n) is 2.79. The topological polar surface area (TPSA) is 65.0 Å². The highest BCUT2D eigenvalue weighted by Crippen LogP contribution is 2.21. The molecule has 0 spiro atoms. The van der Waals surface area contributed by atoms with E-state index in [0.29, 0.717) is 31.8 Å². The van der Waals surface area contributed by atoms with Gasteiger partial charge in [0.15, 0.2) is 0 Å². The monoisotopic (exact) mass is 336 g/mol. The summed E-state index contributed by atoms with van der Waals surface area (Å²) in [5.74, 6) is 1.39. The molecule has 0 amide bonds. The van der Waals surface area contributed by atoms with Gasteiger partial charge in [-0.1, -0.05) is 20.8 Å². The molecule has 0 aromatic rings. The Hall–Kier alpha value is -0.300. The zero-order valence-electron chi connectivity index (χ0n) is 14.3. The van der Waals surface area contributed by atoms with E-state index in [9.17, 15) is 4.79 Å². The van der Waals surface area contributed by atoms with Crippen molar-refractivity contribution < 1.29 is 24.1 Å². The molecule has 0 heterocycles. The molecule has 0 aliphatic carbocycles. The zero-order chi connectivity index (χ0) is 16.7. The average Bonchev–Trinajstić information content (AvgIpc) is 2.41. The van der Waals surface area contributed by atoms with Crippen LogP contribution in [0.2, 0.25) is 0 Å². The van der Waals surface area contributed by atoms with Crippen LogP contribution in [-0.4, -0.2) is 62.2 Å². The molecule has 132 valence electrons. The molecule has 5 nitrogen and oxygen atoms in total. The summed E-state index contributed by atoms with van der Waals surface area (Å²) in [7, 11) is 0. The number of hydrogen-bond donors (Lipinski definition) is 1. The van der Waals surface area contributed by atoms with Crippen LogP contribution in [0.15, 0.2) is 0 Å². The summed E-state index contributed by atoms with van der Waals surface area (Å²) < 4.78 is 15.9. The third kappa shape index (κ3) is 19.7. The number of carboxylic acid groups (broad SMARTS) is 1. The highest BCUT2D eigenvalue weighted by atomic mass is 32.2. The Balaban J connectivity index is 3.04. The first-order valence-electron chi connectivity index (χ1n) is 7.94. The van der Waals surface area contributed by atoms with E-state index in [0.717, 1.165) is 12.4 Å². The largest absolute Gasteiger partial charge is 0.481 e. The molecule has 22 heavy (non-hydrogen) atoms. The van der Waals surface area contributed by atoms with Gasteiger partial charge in [0.1, 0.15) is 0 Å². The zero-order valence-corrected chi connectivity index (χ0v) is 15.1. The lowest BCUT2D eigenvalue weighted by Gasteiger charge is -2.17. The summed E-state index contributed by atoms with van der Waals surface area (Å²) in [6.45, 7) is 9.88. The van der Waals surface area contributed by atoms with Gasteiger partial charge in [-0.15, -0.1) is 0 Å². The Morgan fingerprint density at radius 1 is 0.909 bits per heavy atom. The SMILES string of the molecule is CC(C)(C)CCCSCCOCCOCCOCCC(=O)O. The van der Waals surface area contributed by atoms with E-state index in [4.69, 9.17) is 19.3 Å². The molecule has 0 unspecified atom stereocenters. The van der Waals surface area contributed by atoms with Gasteiger partial charge in [0.25, 0.3) is 0 Å². The lowest BCUT2D eigenvalue weighted by atomic mass is 9.91. The second kappa shape index (κ2) is 14.3. The molecule has 0 fully saturated rings. The Labute approximate surface area is 139 Å². The van der Waals surface area contributed by atoms with Crippen LogP contribution >= 0.6 is 11.8 Å². The minimum absolute atomic E-state index is 0.0382. The first kappa shape index (κ1) is 21.7. The molecular formula is C16H32O5S. The molecular weight excluding hydrogens is 304 g/mol. The van der Waals surface area contributed by atoms with Crippen LogP contribution in [0, 0.1) is 5.41 Å². The molecule has 1 N–H and O–H groups in total. The predicted molar refractivity (Wildman–Crippen MR) is 90.7 cm³/mol. The van der Waals surface area contributed by atoms with Gasteiger partial charge in [0.05, 0.1) is 46.1 Å². The maximum atomic E-state index is 10.2. The van der Waals surface area contributed by atoms with Crippen LogP contribution in [0.3, 0.4) is 0 Å². The van der Waals surface area contributed by atoms with Gasteiger partial charge >= 0.3 is 5.97 Å². The average molecular weight is 336 g/mol. The maximum absolute atomic E-state index is 10.2. The number of ether oxygens (including phenoxy) is 3. The Kier molecular flexibility index (Phi) is 14.1. The number of thioether (sulfide) groups is 1. The van der Waals surface area contributed by atoms with Crippen LogP contribution in [0.5, 0.6) is 0 Å². The van der Waals surface area contributed by atoms with Crippen LogP contribution in [0.25, 0.3) is 0 Å². The summed E-state index contributed by atoms with van der Waals surface area (Å²) in [6, 6.07) is 0. The van der Waals surface area contributed by atoms with Crippen molar-refractivity contribution in [1.82, 2.24) is 0 Å². The van der Waals surface area contributed by atoms with Crippen molar-refractivity contribution in [2.24, 2.45) is 5.41 Å². The fraction of sp³-hybridized carbons (Fsp3) is 0.938. The maximum Gasteiger partial charge on any atom is 0.305 e. The van der Waals surface area contributed by atoms with E-state index in [1.54, 1.807) is 0 Å². The van der Waals surface area contributed by atoms with Crippen molar-refractivity contribution in [3.05, 3.63) is 0 Å². The highest BCUT2D eigenvalue weighted by Gasteiger charge is 2.08. The van der Waals surface area contributed by atoms with E-state index in [-0.39, 0.29) is 13.0 Å². The lowest BCUT2D eigenvalue weighted by Crippen LogP contribution is -2.11. The first-order valence-corrected chi connectivity index (χ1v) is 9.10. The van der Waals surface area contributed by atoms with Crippen molar-refractivity contribution in [2.75, 3.05) is 51.1 Å². The normalized spacial score (nSPS) is 11.8. The molecule has 0 aromatic heterocycles. The number of hydrogen-bond acceptors (Lipinski definition) is 5. The summed E-state index contributed by atoms with van der Waals surface area (Å²) in [4.78, 5) is 10.2. The van der Waals surface area contributed by atoms with Gasteiger partial charge in [-0.05, 0) is 24.0 Å². The first-order chi connectivity index (χ1) is 10.4. The molecule has 0 aromatic carbocycles. The van der Waals surface area contributed by atoms with E-state index in [2.05, 4.69) is 20.8 Å². The Morgan fingerprint density at radius 2 is 1.45 bits per heavy atom. The molecule has 0 aliphatic heterocycles. The molecule has 0 saturated carbocycles. The number of carboxylic acids is 1. The smallest absolute Gasteiger partial charge is 0.305 e. The highest BCUT2D eigenvalue weighted by molar-refractivity contribution is 7.99. The van der Waals surface area contributed by atoms with Crippen LogP contribution in [0.4, 0.5) is 0 Å². The predicted octanol–water partition coefficient (Wildman–Crippen LogP) is 3.07. The lowest BCUT2D eigenvalue weighted by molar-refractivity contribution is -0.138. The van der Waals surface area contributed by atoms with E-state index >= 15 is 0 Å². The van der Waals surface area contributed by atoms with Gasteiger partial charge in [-0.25, -0.2) is 0 Å². The second-order valence-corrected chi connectivity index (χ2v) is 7.48. The number of rotatable bonds is 15. The van der Waals surface area contributed by atoms with Crippen LogP contribution in [0.1, 0.15) is 40.0 Å². The minimum atomic E-state index is -0.842. The van der Waals surface area contributed by atoms with Crippen molar-refractivity contribution in [2.45, 2.75) is 40.0 Å². The van der Waals surface area contributed by atoms with Crippen molar-refractivity contribution >= 4 is 17.7 Å². The van der Waals surface area contributed by atoms with Crippen molar-refractivity contribution in [1.29, 1.82) is 0 Å². The summed E-state index contributed by atoms with van der Waals surface area (Å²) in [5, 5.41) is 8.41. The summed E-state index contributed by atoms with van der Waals surface area (Å²) >= 11 is 1.94. The molecule has 0 aliphatic rings. The Morgan fingerprint density at radius 3 is 2.00 bits per heavy atom. The summed E-state index contributed by atoms with van der Waals surface area (Å²) in [6.07, 6.45) is 2.57. The third-order valence-corrected chi connectivity index (χ3v) is 3.82. The van der Waals surface area contributed by atoms with Crippen molar-refractivity contribution in [3.8, 4) is 0 Å². The van der Waals surface area contributed by atoms with E-state index in [1.165, 1.54) is 18.6 Å². The van der Waals surface area contributed by atoms with E-state index < -0.39 is 5.97 Å². The quantitative estimate of drug-likeness (QED) is 0.464. The van der Waals surface area contributed by atoms with Gasteiger partial charge < -0.3 is 19.3 Å². The summed E-state index contributed by atoms with van der Waals surface area (Å²) in [5.41, 5.74) is 0.436. The molecule has 0 bridgehead atoms. The molecule has 0 radical (unpaired) electrons. The standard InChI is InChI=1S/C16H32O5S/c1-16(2,3)6-4-13-22-14-12-21-11-10-20-9-8-19-7-5-15(17)18/h4-14H2,1-3H3,(H,17,18). The number of carbonyl (C=O) groups is 1. The van der Waals surface area contributed by atoms with Crippen LogP contribution < -0.4 is 0 Å². The van der Waals surface area contributed by atoms with Gasteiger partial charge in [0, 0.05) is 5.75 Å². The van der Waals surface area contributed by atoms with E-state index in [1.807, 2.05) is 11.8 Å². The molecule has 0 saturated heterocycles. The fourth-order valence-electron chi connectivity index (χ4n) is 1.63. The molecule has 0 atom stereocenters. The second-order valence-electron chi connectivity index (χ2n) is 6.26.